The Kier molecular flexibility index (Phi) is 17.6. The molecule has 0 bridgehead atoms. The zero-order valence-corrected chi connectivity index (χ0v) is 17.5. The first-order valence-electron chi connectivity index (χ1n) is 8.56. The van der Waals surface area contributed by atoms with Crippen LogP contribution in [0, 0.1) is 0 Å². The SMILES string of the molecule is CCCCCCCCC(C(O)CCCCCC)S(=O)(=O)[O-].[Na+]. The normalized spacial score (nSPS) is 14.4. The molecule has 0 aromatic rings. The molecule has 22 heavy (non-hydrogen) atoms. The van der Waals surface area contributed by atoms with Crippen molar-refractivity contribution in [2.24, 2.45) is 0 Å². The Labute approximate surface area is 159 Å². The van der Waals surface area contributed by atoms with E-state index in [-0.39, 0.29) is 29.6 Å². The van der Waals surface area contributed by atoms with Gasteiger partial charge in [0, 0.05) is 0 Å². The van der Waals surface area contributed by atoms with Crippen molar-refractivity contribution in [2.75, 3.05) is 0 Å². The largest absolute Gasteiger partial charge is 1.00 e. The van der Waals surface area contributed by atoms with Gasteiger partial charge in [-0.15, -0.1) is 0 Å². The minimum Gasteiger partial charge on any atom is -0.748 e. The molecule has 0 aliphatic rings. The van der Waals surface area contributed by atoms with Crippen LogP contribution in [0.15, 0.2) is 0 Å². The van der Waals surface area contributed by atoms with Crippen LogP contribution < -0.4 is 29.6 Å². The summed E-state index contributed by atoms with van der Waals surface area (Å²) >= 11 is 0. The van der Waals surface area contributed by atoms with Crippen molar-refractivity contribution in [3.8, 4) is 0 Å². The van der Waals surface area contributed by atoms with Crippen LogP contribution in [0.25, 0.3) is 0 Å². The van der Waals surface area contributed by atoms with Crippen LogP contribution >= 0.6 is 0 Å². The third-order valence-corrected chi connectivity index (χ3v) is 5.29. The van der Waals surface area contributed by atoms with Crippen LogP contribution in [0.2, 0.25) is 0 Å². The maximum absolute atomic E-state index is 11.3. The molecule has 128 valence electrons. The Morgan fingerprint density at radius 1 is 0.818 bits per heavy atom. The minimum atomic E-state index is -4.40. The minimum absolute atomic E-state index is 0. The molecule has 0 spiro atoms. The predicted molar refractivity (Wildman–Crippen MR) is 86.2 cm³/mol. The summed E-state index contributed by atoms with van der Waals surface area (Å²) in [6.07, 6.45) is 9.92. The van der Waals surface area contributed by atoms with Gasteiger partial charge < -0.3 is 9.66 Å². The summed E-state index contributed by atoms with van der Waals surface area (Å²) in [5, 5.41) is 8.89. The third-order valence-electron chi connectivity index (χ3n) is 4.00. The fraction of sp³-hybridized carbons (Fsp3) is 1.00. The molecule has 0 aromatic carbocycles. The Bertz CT molecular complexity index is 333. The van der Waals surface area contributed by atoms with E-state index in [1.807, 2.05) is 0 Å². The number of unbranched alkanes of at least 4 members (excludes halogenated alkanes) is 8. The number of aliphatic hydroxyl groups is 1. The summed E-state index contributed by atoms with van der Waals surface area (Å²) < 4.78 is 33.9. The van der Waals surface area contributed by atoms with Crippen LogP contribution in [0.3, 0.4) is 0 Å². The molecule has 0 heterocycles. The van der Waals surface area contributed by atoms with Gasteiger partial charge in [0.2, 0.25) is 0 Å². The van der Waals surface area contributed by atoms with Crippen molar-refractivity contribution in [3.63, 3.8) is 0 Å². The molecule has 0 rings (SSSR count). The molecule has 0 aliphatic heterocycles. The van der Waals surface area contributed by atoms with E-state index < -0.39 is 21.5 Å². The van der Waals surface area contributed by atoms with Gasteiger partial charge in [-0.3, -0.25) is 0 Å². The van der Waals surface area contributed by atoms with Gasteiger partial charge in [0.05, 0.1) is 11.4 Å². The first kappa shape index (κ1) is 25.1. The van der Waals surface area contributed by atoms with E-state index in [0.717, 1.165) is 44.9 Å². The summed E-state index contributed by atoms with van der Waals surface area (Å²) in [4.78, 5) is 0. The van der Waals surface area contributed by atoms with E-state index >= 15 is 0 Å². The fourth-order valence-electron chi connectivity index (χ4n) is 2.62. The van der Waals surface area contributed by atoms with Gasteiger partial charge in [-0.05, 0) is 12.8 Å². The zero-order chi connectivity index (χ0) is 16.1. The summed E-state index contributed by atoms with van der Waals surface area (Å²) in [6.45, 7) is 4.24. The van der Waals surface area contributed by atoms with Crippen molar-refractivity contribution in [1.29, 1.82) is 0 Å². The number of hydrogen-bond donors (Lipinski definition) is 1. The van der Waals surface area contributed by atoms with Crippen LogP contribution in [0.1, 0.15) is 90.9 Å². The van der Waals surface area contributed by atoms with Crippen molar-refractivity contribution < 1.29 is 47.6 Å². The Morgan fingerprint density at radius 2 is 1.23 bits per heavy atom. The van der Waals surface area contributed by atoms with Gasteiger partial charge in [0.15, 0.2) is 0 Å². The predicted octanol–water partition coefficient (Wildman–Crippen LogP) is 0.986. The average molecular weight is 344 g/mol. The number of hydrogen-bond acceptors (Lipinski definition) is 4. The van der Waals surface area contributed by atoms with Crippen molar-refractivity contribution in [2.45, 2.75) is 102 Å². The summed E-state index contributed by atoms with van der Waals surface area (Å²) in [5.74, 6) is 0. The van der Waals surface area contributed by atoms with E-state index in [9.17, 15) is 18.1 Å². The van der Waals surface area contributed by atoms with E-state index in [1.54, 1.807) is 0 Å². The zero-order valence-electron chi connectivity index (χ0n) is 14.7. The second kappa shape index (κ2) is 15.4. The molecule has 0 aliphatic carbocycles. The molecule has 0 radical (unpaired) electrons. The summed E-state index contributed by atoms with van der Waals surface area (Å²) in [5.41, 5.74) is 0. The van der Waals surface area contributed by atoms with Gasteiger partial charge in [0.1, 0.15) is 10.1 Å². The van der Waals surface area contributed by atoms with E-state index in [4.69, 9.17) is 0 Å². The molecular weight excluding hydrogens is 311 g/mol. The van der Waals surface area contributed by atoms with E-state index in [2.05, 4.69) is 13.8 Å². The molecule has 1 N–H and O–H groups in total. The van der Waals surface area contributed by atoms with Gasteiger partial charge in [-0.2, -0.15) is 0 Å². The first-order chi connectivity index (χ1) is 9.93. The monoisotopic (exact) mass is 344 g/mol. The van der Waals surface area contributed by atoms with E-state index in [1.165, 1.54) is 12.8 Å². The molecule has 4 nitrogen and oxygen atoms in total. The topological polar surface area (TPSA) is 77.4 Å². The molecule has 0 saturated heterocycles. The molecule has 0 saturated carbocycles. The average Bonchev–Trinajstić information content (AvgIpc) is 2.41. The summed E-state index contributed by atoms with van der Waals surface area (Å²) in [7, 11) is -4.40. The molecule has 2 atom stereocenters. The third kappa shape index (κ3) is 13.3. The Balaban J connectivity index is 0. The van der Waals surface area contributed by atoms with Crippen LogP contribution in [0.4, 0.5) is 0 Å². The van der Waals surface area contributed by atoms with Crippen molar-refractivity contribution in [1.82, 2.24) is 0 Å². The van der Waals surface area contributed by atoms with Gasteiger partial charge in [-0.25, -0.2) is 8.42 Å². The van der Waals surface area contributed by atoms with Crippen molar-refractivity contribution in [3.05, 3.63) is 0 Å². The maximum Gasteiger partial charge on any atom is 1.00 e. The quantitative estimate of drug-likeness (QED) is 0.290. The van der Waals surface area contributed by atoms with Gasteiger partial charge >= 0.3 is 29.6 Å². The molecule has 0 amide bonds. The molecule has 0 aromatic heterocycles. The smallest absolute Gasteiger partial charge is 0.748 e. The first-order valence-corrected chi connectivity index (χ1v) is 10.0. The standard InChI is InChI=1S/C16H34O4S.Na/c1-3-5-7-9-10-12-14-16(21(18,19)20)15(17)13-11-8-6-4-2;/h15-17H,3-14H2,1-2H3,(H,18,19,20);/q;+1/p-1. The Hall–Kier alpha value is 0.870. The van der Waals surface area contributed by atoms with Crippen LogP contribution in [-0.2, 0) is 10.1 Å². The van der Waals surface area contributed by atoms with E-state index in [0.29, 0.717) is 19.3 Å². The molecule has 2 unspecified atom stereocenters. The second-order valence-electron chi connectivity index (χ2n) is 6.00. The summed E-state index contributed by atoms with van der Waals surface area (Å²) in [6, 6.07) is 0. The maximum atomic E-state index is 11.3. The molecule has 6 heteroatoms. The van der Waals surface area contributed by atoms with Gasteiger partial charge in [0.25, 0.3) is 0 Å². The fourth-order valence-corrected chi connectivity index (χ4v) is 3.60. The Morgan fingerprint density at radius 3 is 1.73 bits per heavy atom. The second-order valence-corrected chi connectivity index (χ2v) is 7.60. The molecular formula is C16H33NaO4S. The number of rotatable bonds is 14. The van der Waals surface area contributed by atoms with Crippen LogP contribution in [-0.4, -0.2) is 29.4 Å². The van der Waals surface area contributed by atoms with Gasteiger partial charge in [-0.1, -0.05) is 78.1 Å². The molecule has 0 fully saturated rings. The van der Waals surface area contributed by atoms with Crippen molar-refractivity contribution >= 4 is 10.1 Å². The van der Waals surface area contributed by atoms with Crippen LogP contribution in [0.5, 0.6) is 0 Å². The number of aliphatic hydroxyl groups excluding tert-OH is 1.